The molecule has 3 nitrogen and oxygen atoms in total. The lowest BCUT2D eigenvalue weighted by Gasteiger charge is -2.26. The van der Waals surface area contributed by atoms with Crippen LogP contribution in [0.15, 0.2) is 5.51 Å². The van der Waals surface area contributed by atoms with Gasteiger partial charge in [0.15, 0.2) is 0 Å². The second kappa shape index (κ2) is 5.46. The Balaban J connectivity index is 1.78. The summed E-state index contributed by atoms with van der Waals surface area (Å²) in [6.45, 7) is 4.18. The van der Waals surface area contributed by atoms with Gasteiger partial charge in [-0.25, -0.2) is 4.98 Å². The Morgan fingerprint density at radius 1 is 1.47 bits per heavy atom. The van der Waals surface area contributed by atoms with Gasteiger partial charge in [0.25, 0.3) is 0 Å². The Hall–Kier alpha value is -0.450. The van der Waals surface area contributed by atoms with Gasteiger partial charge < -0.3 is 10.6 Å². The first-order valence-corrected chi connectivity index (χ1v) is 7.33. The number of thiazole rings is 1. The lowest BCUT2D eigenvalue weighted by Crippen LogP contribution is -2.39. The molecule has 1 aliphatic rings. The molecule has 0 amide bonds. The Kier molecular flexibility index (Phi) is 4.17. The van der Waals surface area contributed by atoms with E-state index in [1.54, 1.807) is 11.3 Å². The molecule has 4 heteroatoms. The van der Waals surface area contributed by atoms with Crippen molar-refractivity contribution in [2.45, 2.75) is 51.1 Å². The molecular formula is C13H23N3S. The highest BCUT2D eigenvalue weighted by molar-refractivity contribution is 7.09. The van der Waals surface area contributed by atoms with Crippen molar-refractivity contribution >= 4 is 11.3 Å². The second-order valence-corrected chi connectivity index (χ2v) is 6.36. The maximum absolute atomic E-state index is 6.37. The molecule has 2 N–H and O–H groups in total. The van der Waals surface area contributed by atoms with Crippen LogP contribution in [0.3, 0.4) is 0 Å². The van der Waals surface area contributed by atoms with Crippen molar-refractivity contribution < 1.29 is 0 Å². The van der Waals surface area contributed by atoms with E-state index in [0.717, 1.165) is 19.5 Å². The number of hydrogen-bond acceptors (Lipinski definition) is 4. The molecule has 0 saturated heterocycles. The number of aromatic nitrogens is 1. The second-order valence-electron chi connectivity index (χ2n) is 5.42. The van der Waals surface area contributed by atoms with Crippen LogP contribution in [-0.2, 0) is 6.54 Å². The molecule has 0 unspecified atom stereocenters. The fraction of sp³-hybridized carbons (Fsp3) is 0.769. The molecule has 96 valence electrons. The topological polar surface area (TPSA) is 42.2 Å². The molecule has 0 aromatic carbocycles. The molecule has 0 radical (unpaired) electrons. The highest BCUT2D eigenvalue weighted by Gasteiger charge is 2.28. The van der Waals surface area contributed by atoms with Crippen LogP contribution in [0.5, 0.6) is 0 Å². The third-order valence-corrected chi connectivity index (χ3v) is 4.77. The van der Waals surface area contributed by atoms with E-state index in [9.17, 15) is 0 Å². The van der Waals surface area contributed by atoms with E-state index in [1.165, 1.54) is 36.3 Å². The summed E-state index contributed by atoms with van der Waals surface area (Å²) in [7, 11) is 2.18. The minimum atomic E-state index is 0.122. The van der Waals surface area contributed by atoms with Gasteiger partial charge in [-0.15, -0.1) is 11.3 Å². The minimum Gasteiger partial charge on any atom is -0.325 e. The minimum absolute atomic E-state index is 0.122. The molecular weight excluding hydrogens is 230 g/mol. The lowest BCUT2D eigenvalue weighted by atomic mass is 9.94. The van der Waals surface area contributed by atoms with E-state index in [0.29, 0.717) is 0 Å². The molecule has 2 rings (SSSR count). The highest BCUT2D eigenvalue weighted by Crippen LogP contribution is 2.30. The van der Waals surface area contributed by atoms with E-state index < -0.39 is 0 Å². The van der Waals surface area contributed by atoms with Crippen molar-refractivity contribution in [2.75, 3.05) is 13.6 Å². The predicted molar refractivity (Wildman–Crippen MR) is 73.2 cm³/mol. The molecule has 0 bridgehead atoms. The van der Waals surface area contributed by atoms with E-state index >= 15 is 0 Å². The van der Waals surface area contributed by atoms with Crippen molar-refractivity contribution in [1.82, 2.24) is 9.88 Å². The molecule has 1 aliphatic carbocycles. The molecule has 0 spiro atoms. The van der Waals surface area contributed by atoms with E-state index in [2.05, 4.69) is 23.9 Å². The van der Waals surface area contributed by atoms with Crippen molar-refractivity contribution in [3.05, 3.63) is 16.1 Å². The van der Waals surface area contributed by atoms with Crippen LogP contribution in [0.1, 0.15) is 42.7 Å². The van der Waals surface area contributed by atoms with Crippen LogP contribution in [0.4, 0.5) is 0 Å². The first-order chi connectivity index (χ1) is 8.09. The van der Waals surface area contributed by atoms with Gasteiger partial charge in [-0.05, 0) is 39.8 Å². The Morgan fingerprint density at radius 3 is 2.76 bits per heavy atom. The summed E-state index contributed by atoms with van der Waals surface area (Å²) < 4.78 is 0. The van der Waals surface area contributed by atoms with Gasteiger partial charge in [0, 0.05) is 17.0 Å². The average molecular weight is 253 g/mol. The van der Waals surface area contributed by atoms with Gasteiger partial charge in [0.1, 0.15) is 0 Å². The third-order valence-electron chi connectivity index (χ3n) is 3.85. The van der Waals surface area contributed by atoms with E-state index in [1.807, 2.05) is 5.51 Å². The lowest BCUT2D eigenvalue weighted by molar-refractivity contribution is 0.275. The van der Waals surface area contributed by atoms with Crippen LogP contribution in [-0.4, -0.2) is 29.0 Å². The molecule has 1 heterocycles. The van der Waals surface area contributed by atoms with E-state index in [4.69, 9.17) is 5.73 Å². The monoisotopic (exact) mass is 253 g/mol. The van der Waals surface area contributed by atoms with Gasteiger partial charge in [-0.1, -0.05) is 12.8 Å². The molecule has 17 heavy (non-hydrogen) atoms. The van der Waals surface area contributed by atoms with Gasteiger partial charge in [0.05, 0.1) is 11.2 Å². The summed E-state index contributed by atoms with van der Waals surface area (Å²) in [5.41, 5.74) is 9.60. The predicted octanol–water partition coefficient (Wildman–Crippen LogP) is 2.54. The normalized spacial score (nSPS) is 19.1. The van der Waals surface area contributed by atoms with Crippen molar-refractivity contribution in [2.24, 2.45) is 5.73 Å². The van der Waals surface area contributed by atoms with Crippen LogP contribution < -0.4 is 5.73 Å². The summed E-state index contributed by atoms with van der Waals surface area (Å²) in [4.78, 5) is 8.04. The zero-order chi connectivity index (χ0) is 12.3. The zero-order valence-electron chi connectivity index (χ0n) is 10.9. The van der Waals surface area contributed by atoms with Crippen LogP contribution >= 0.6 is 11.3 Å². The molecule has 1 saturated carbocycles. The molecule has 0 aliphatic heterocycles. The molecule has 1 aromatic rings. The number of nitrogens with zero attached hydrogens (tertiary/aromatic N) is 2. The summed E-state index contributed by atoms with van der Waals surface area (Å²) in [5, 5.41) is 0. The summed E-state index contributed by atoms with van der Waals surface area (Å²) in [6, 6.07) is 0. The maximum atomic E-state index is 6.37. The maximum Gasteiger partial charge on any atom is 0.0798 e. The van der Waals surface area contributed by atoms with Gasteiger partial charge in [-0.3, -0.25) is 0 Å². The number of aryl methyl sites for hydroxylation is 1. The molecule has 1 fully saturated rings. The standard InChI is InChI=1S/C13H23N3S/c1-11-12(17-10-15-11)9-16(2)8-7-13(14)5-3-4-6-13/h10H,3-9,14H2,1-2H3. The molecule has 1 aromatic heterocycles. The van der Waals surface area contributed by atoms with Crippen LogP contribution in [0.2, 0.25) is 0 Å². The number of nitrogens with two attached hydrogens (primary N) is 1. The Labute approximate surface area is 108 Å². The average Bonchev–Trinajstić information content (AvgIpc) is 2.87. The first kappa shape index (κ1) is 13.0. The summed E-state index contributed by atoms with van der Waals surface area (Å²) in [6.07, 6.45) is 6.17. The smallest absolute Gasteiger partial charge is 0.0798 e. The van der Waals surface area contributed by atoms with Crippen molar-refractivity contribution in [1.29, 1.82) is 0 Å². The fourth-order valence-corrected chi connectivity index (χ4v) is 3.40. The zero-order valence-corrected chi connectivity index (χ0v) is 11.7. The van der Waals surface area contributed by atoms with E-state index in [-0.39, 0.29) is 5.54 Å². The van der Waals surface area contributed by atoms with Crippen molar-refractivity contribution in [3.8, 4) is 0 Å². The number of hydrogen-bond donors (Lipinski definition) is 1. The third kappa shape index (κ3) is 3.50. The highest BCUT2D eigenvalue weighted by atomic mass is 32.1. The van der Waals surface area contributed by atoms with Crippen LogP contribution in [0.25, 0.3) is 0 Å². The first-order valence-electron chi connectivity index (χ1n) is 6.45. The van der Waals surface area contributed by atoms with Gasteiger partial charge in [-0.2, -0.15) is 0 Å². The fourth-order valence-electron chi connectivity index (χ4n) is 2.54. The quantitative estimate of drug-likeness (QED) is 0.877. The van der Waals surface area contributed by atoms with Gasteiger partial charge in [0.2, 0.25) is 0 Å². The van der Waals surface area contributed by atoms with Crippen LogP contribution in [0, 0.1) is 6.92 Å². The Morgan fingerprint density at radius 2 is 2.18 bits per heavy atom. The number of rotatable bonds is 5. The van der Waals surface area contributed by atoms with Gasteiger partial charge >= 0.3 is 0 Å². The Bertz CT molecular complexity index is 355. The SMILES string of the molecule is Cc1ncsc1CN(C)CCC1(N)CCCC1. The summed E-state index contributed by atoms with van der Waals surface area (Å²) >= 11 is 1.75. The molecule has 0 atom stereocenters. The largest absolute Gasteiger partial charge is 0.325 e. The van der Waals surface area contributed by atoms with Crippen molar-refractivity contribution in [3.63, 3.8) is 0 Å². The summed E-state index contributed by atoms with van der Waals surface area (Å²) in [5.74, 6) is 0.